The zero-order valence-corrected chi connectivity index (χ0v) is 16.9. The van der Waals surface area contributed by atoms with Crippen molar-refractivity contribution >= 4 is 16.8 Å². The molecule has 4 rings (SSSR count). The zero-order chi connectivity index (χ0) is 20.1. The molecule has 0 fully saturated rings. The minimum atomic E-state index is 1.20. The van der Waals surface area contributed by atoms with Gasteiger partial charge < -0.3 is 4.90 Å². The first-order chi connectivity index (χ1) is 14.2. The van der Waals surface area contributed by atoms with E-state index < -0.39 is 0 Å². The van der Waals surface area contributed by atoms with Crippen LogP contribution >= 0.6 is 0 Å². The van der Waals surface area contributed by atoms with E-state index in [0.717, 1.165) is 0 Å². The van der Waals surface area contributed by atoms with Crippen LogP contribution in [0.5, 0.6) is 0 Å². The smallest absolute Gasteiger partial charge is 0.0361 e. The molecule has 0 aliphatic rings. The lowest BCUT2D eigenvalue weighted by atomic mass is 9.86. The summed E-state index contributed by atoms with van der Waals surface area (Å²) >= 11 is 0. The fraction of sp³-hybridized carbons (Fsp3) is 0.0714. The Balaban J connectivity index is 2.04. The topological polar surface area (TPSA) is 3.24 Å². The maximum atomic E-state index is 2.23. The second-order valence-corrected chi connectivity index (χ2v) is 7.29. The number of nitrogens with zero attached hydrogens (tertiary/aromatic N) is 1. The molecule has 0 amide bonds. The van der Waals surface area contributed by atoms with Crippen molar-refractivity contribution in [3.8, 4) is 0 Å². The minimum Gasteiger partial charge on any atom is -0.378 e. The van der Waals surface area contributed by atoms with Gasteiger partial charge in [-0.15, -0.1) is 0 Å². The summed E-state index contributed by atoms with van der Waals surface area (Å²) in [5, 5.41) is 0. The van der Waals surface area contributed by atoms with Crippen molar-refractivity contribution in [2.75, 3.05) is 19.0 Å². The van der Waals surface area contributed by atoms with E-state index in [1.807, 2.05) is 0 Å². The number of rotatable bonds is 5. The van der Waals surface area contributed by atoms with E-state index in [1.54, 1.807) is 0 Å². The molecule has 1 nitrogen and oxygen atoms in total. The van der Waals surface area contributed by atoms with Crippen LogP contribution in [-0.4, -0.2) is 14.1 Å². The summed E-state index contributed by atoms with van der Waals surface area (Å²) in [5.74, 6) is 0. The molecule has 0 atom stereocenters. The molecule has 0 N–H and O–H groups in total. The van der Waals surface area contributed by atoms with Crippen molar-refractivity contribution in [2.45, 2.75) is 0 Å². The van der Waals surface area contributed by atoms with Gasteiger partial charge in [-0.3, -0.25) is 0 Å². The normalized spacial score (nSPS) is 10.4. The summed E-state index contributed by atoms with van der Waals surface area (Å²) in [6.07, 6.45) is 0. The van der Waals surface area contributed by atoms with E-state index in [9.17, 15) is 0 Å². The molecule has 0 saturated heterocycles. The fourth-order valence-electron chi connectivity index (χ4n) is 3.65. The van der Waals surface area contributed by atoms with Gasteiger partial charge in [0, 0.05) is 19.8 Å². The first kappa shape index (κ1) is 18.8. The third-order valence-electron chi connectivity index (χ3n) is 5.11. The third-order valence-corrected chi connectivity index (χ3v) is 5.11. The monoisotopic (exact) mass is 375 g/mol. The van der Waals surface area contributed by atoms with Gasteiger partial charge in [-0.1, -0.05) is 103 Å². The molecule has 4 aromatic carbocycles. The average Bonchev–Trinajstić information content (AvgIpc) is 2.79. The molecule has 4 aromatic rings. The lowest BCUT2D eigenvalue weighted by Crippen LogP contribution is -2.08. The molecule has 0 aliphatic carbocycles. The van der Waals surface area contributed by atoms with Crippen LogP contribution in [0.4, 0.5) is 5.69 Å². The highest BCUT2D eigenvalue weighted by atomic mass is 15.1. The fourth-order valence-corrected chi connectivity index (χ4v) is 3.65. The molecule has 0 bridgehead atoms. The second kappa shape index (κ2) is 8.62. The molecule has 0 saturated carbocycles. The summed E-state index contributed by atoms with van der Waals surface area (Å²) in [6, 6.07) is 40.8. The molecule has 0 radical (unpaired) electrons. The molecule has 0 aliphatic heterocycles. The number of benzene rings is 4. The number of hydrogen-bond acceptors (Lipinski definition) is 1. The molecule has 1 heteroatoms. The van der Waals surface area contributed by atoms with Crippen LogP contribution < -0.4 is 4.90 Å². The molecule has 0 aromatic heterocycles. The Kier molecular flexibility index (Phi) is 5.58. The summed E-state index contributed by atoms with van der Waals surface area (Å²) < 4.78 is 0. The highest BCUT2D eigenvalue weighted by molar-refractivity contribution is 6.04. The predicted molar refractivity (Wildman–Crippen MR) is 125 cm³/mol. The van der Waals surface area contributed by atoms with E-state index in [0.29, 0.717) is 0 Å². The molecule has 0 unspecified atom stereocenters. The van der Waals surface area contributed by atoms with E-state index in [-0.39, 0.29) is 0 Å². The van der Waals surface area contributed by atoms with E-state index in [2.05, 4.69) is 134 Å². The maximum absolute atomic E-state index is 2.23. The highest BCUT2D eigenvalue weighted by Crippen LogP contribution is 2.37. The van der Waals surface area contributed by atoms with Gasteiger partial charge in [-0.25, -0.2) is 0 Å². The number of anilines is 1. The molecule has 29 heavy (non-hydrogen) atoms. The van der Waals surface area contributed by atoms with Crippen LogP contribution in [0.2, 0.25) is 0 Å². The third kappa shape index (κ3) is 4.14. The lowest BCUT2D eigenvalue weighted by Gasteiger charge is -2.19. The van der Waals surface area contributed by atoms with Crippen LogP contribution in [-0.2, 0) is 0 Å². The predicted octanol–water partition coefficient (Wildman–Crippen LogP) is 6.76. The Morgan fingerprint density at radius 3 is 1.03 bits per heavy atom. The van der Waals surface area contributed by atoms with E-state index in [1.165, 1.54) is 39.1 Å². The summed E-state index contributed by atoms with van der Waals surface area (Å²) in [6.45, 7) is 0. The Morgan fingerprint density at radius 2 is 0.724 bits per heavy atom. The summed E-state index contributed by atoms with van der Waals surface area (Å²) in [7, 11) is 4.14. The van der Waals surface area contributed by atoms with Crippen molar-refractivity contribution in [3.63, 3.8) is 0 Å². The highest BCUT2D eigenvalue weighted by Gasteiger charge is 2.15. The molecule has 0 spiro atoms. The first-order valence-corrected chi connectivity index (χ1v) is 9.92. The van der Waals surface area contributed by atoms with Crippen LogP contribution in [0.15, 0.2) is 115 Å². The van der Waals surface area contributed by atoms with Gasteiger partial charge in [0.05, 0.1) is 0 Å². The minimum absolute atomic E-state index is 1.20. The van der Waals surface area contributed by atoms with Crippen molar-refractivity contribution in [1.82, 2.24) is 0 Å². The maximum Gasteiger partial charge on any atom is 0.0361 e. The van der Waals surface area contributed by atoms with Gasteiger partial charge in [-0.05, 0) is 45.5 Å². The van der Waals surface area contributed by atoms with Gasteiger partial charge in [0.15, 0.2) is 0 Å². The standard InChI is InChI=1S/C28H25N/c1-29(2)26-20-18-25(19-21-26)28(24-16-10-5-11-17-24)27(22-12-6-3-7-13-22)23-14-8-4-9-15-23/h3-21H,1-2H3. The van der Waals surface area contributed by atoms with Crippen molar-refractivity contribution in [3.05, 3.63) is 138 Å². The SMILES string of the molecule is CN(C)c1ccc(C(=C(c2ccccc2)c2ccccc2)c2ccccc2)cc1. The van der Waals surface area contributed by atoms with Crippen LogP contribution in [0.25, 0.3) is 11.1 Å². The Bertz CT molecular complexity index is 1040. The van der Waals surface area contributed by atoms with Gasteiger partial charge >= 0.3 is 0 Å². The van der Waals surface area contributed by atoms with E-state index >= 15 is 0 Å². The van der Waals surface area contributed by atoms with Gasteiger partial charge in [0.25, 0.3) is 0 Å². The van der Waals surface area contributed by atoms with Crippen LogP contribution in [0.3, 0.4) is 0 Å². The molecule has 142 valence electrons. The van der Waals surface area contributed by atoms with Crippen LogP contribution in [0.1, 0.15) is 22.3 Å². The van der Waals surface area contributed by atoms with Crippen molar-refractivity contribution in [1.29, 1.82) is 0 Å². The molecule has 0 heterocycles. The van der Waals surface area contributed by atoms with Crippen molar-refractivity contribution < 1.29 is 0 Å². The largest absolute Gasteiger partial charge is 0.378 e. The van der Waals surface area contributed by atoms with Crippen LogP contribution in [0, 0.1) is 0 Å². The zero-order valence-electron chi connectivity index (χ0n) is 16.9. The van der Waals surface area contributed by atoms with Gasteiger partial charge in [0.2, 0.25) is 0 Å². The molecular weight excluding hydrogens is 350 g/mol. The van der Waals surface area contributed by atoms with Gasteiger partial charge in [0.1, 0.15) is 0 Å². The van der Waals surface area contributed by atoms with Gasteiger partial charge in [-0.2, -0.15) is 0 Å². The Hall–Kier alpha value is -3.58. The van der Waals surface area contributed by atoms with E-state index in [4.69, 9.17) is 0 Å². The number of hydrogen-bond donors (Lipinski definition) is 0. The summed E-state index contributed by atoms with van der Waals surface area (Å²) in [5.41, 5.74) is 8.55. The lowest BCUT2D eigenvalue weighted by molar-refractivity contribution is 1.13. The second-order valence-electron chi connectivity index (χ2n) is 7.29. The average molecular weight is 376 g/mol. The van der Waals surface area contributed by atoms with Crippen molar-refractivity contribution in [2.24, 2.45) is 0 Å². The quantitative estimate of drug-likeness (QED) is 0.348. The summed E-state index contributed by atoms with van der Waals surface area (Å²) in [4.78, 5) is 2.13. The Labute approximate surface area is 173 Å². The molecular formula is C28H25N. The first-order valence-electron chi connectivity index (χ1n) is 9.92. The Morgan fingerprint density at radius 1 is 0.414 bits per heavy atom.